The quantitative estimate of drug-likeness (QED) is 0.445. The van der Waals surface area contributed by atoms with Crippen molar-refractivity contribution in [1.29, 1.82) is 0 Å². The average molecular weight is 355 g/mol. The summed E-state index contributed by atoms with van der Waals surface area (Å²) in [6.07, 6.45) is 0. The molecule has 4 rings (SSSR count). The SMILES string of the molecule is Cc1ccc([C@](c2ccccc2)(c2ccc(O)cc2)c2ccccc2O)[nH]1. The number of H-pyrrole nitrogens is 1. The number of aromatic hydroxyl groups is 2. The van der Waals surface area contributed by atoms with Gasteiger partial charge in [-0.3, -0.25) is 0 Å². The fraction of sp³-hybridized carbons (Fsp3) is 0.0833. The molecule has 0 amide bonds. The molecule has 0 bridgehead atoms. The van der Waals surface area contributed by atoms with Gasteiger partial charge in [0.15, 0.2) is 0 Å². The van der Waals surface area contributed by atoms with Gasteiger partial charge in [0.1, 0.15) is 11.5 Å². The first-order chi connectivity index (χ1) is 13.1. The second-order valence-electron chi connectivity index (χ2n) is 6.74. The van der Waals surface area contributed by atoms with Gasteiger partial charge in [-0.1, -0.05) is 60.7 Å². The molecule has 134 valence electrons. The first-order valence-electron chi connectivity index (χ1n) is 8.92. The molecule has 0 saturated carbocycles. The number of phenols is 2. The molecule has 3 aromatic carbocycles. The monoisotopic (exact) mass is 355 g/mol. The van der Waals surface area contributed by atoms with Crippen molar-refractivity contribution >= 4 is 0 Å². The third-order valence-corrected chi connectivity index (χ3v) is 5.05. The van der Waals surface area contributed by atoms with Gasteiger partial charge in [0.25, 0.3) is 0 Å². The van der Waals surface area contributed by atoms with E-state index in [4.69, 9.17) is 0 Å². The van der Waals surface area contributed by atoms with Crippen LogP contribution in [0.3, 0.4) is 0 Å². The Balaban J connectivity index is 2.15. The number of para-hydroxylation sites is 1. The van der Waals surface area contributed by atoms with Crippen LogP contribution in [0.2, 0.25) is 0 Å². The highest BCUT2D eigenvalue weighted by molar-refractivity contribution is 5.62. The lowest BCUT2D eigenvalue weighted by Crippen LogP contribution is -2.31. The van der Waals surface area contributed by atoms with Gasteiger partial charge >= 0.3 is 0 Å². The molecule has 1 atom stereocenters. The minimum Gasteiger partial charge on any atom is -0.508 e. The number of nitrogens with one attached hydrogen (secondary N) is 1. The predicted octanol–water partition coefficient (Wildman–Crippen LogP) is 5.12. The maximum atomic E-state index is 10.8. The summed E-state index contributed by atoms with van der Waals surface area (Å²) in [7, 11) is 0. The molecule has 0 fully saturated rings. The summed E-state index contributed by atoms with van der Waals surface area (Å²) in [6.45, 7) is 2.01. The van der Waals surface area contributed by atoms with Crippen molar-refractivity contribution < 1.29 is 10.2 Å². The number of hydrogen-bond donors (Lipinski definition) is 3. The molecule has 0 unspecified atom stereocenters. The highest BCUT2D eigenvalue weighted by atomic mass is 16.3. The molecule has 0 aliphatic heterocycles. The van der Waals surface area contributed by atoms with Crippen LogP contribution in [-0.4, -0.2) is 15.2 Å². The van der Waals surface area contributed by atoms with Crippen LogP contribution in [0.25, 0.3) is 0 Å². The summed E-state index contributed by atoms with van der Waals surface area (Å²) in [4.78, 5) is 3.48. The van der Waals surface area contributed by atoms with E-state index in [9.17, 15) is 10.2 Å². The minimum atomic E-state index is -0.742. The zero-order chi connectivity index (χ0) is 18.9. The van der Waals surface area contributed by atoms with Gasteiger partial charge in [0.05, 0.1) is 5.41 Å². The van der Waals surface area contributed by atoms with Crippen molar-refractivity contribution in [3.63, 3.8) is 0 Å². The van der Waals surface area contributed by atoms with Crippen LogP contribution in [0, 0.1) is 6.92 Å². The van der Waals surface area contributed by atoms with E-state index >= 15 is 0 Å². The van der Waals surface area contributed by atoms with Crippen LogP contribution in [0.5, 0.6) is 11.5 Å². The van der Waals surface area contributed by atoms with E-state index < -0.39 is 5.41 Å². The van der Waals surface area contributed by atoms with Gasteiger partial charge in [0.2, 0.25) is 0 Å². The number of hydrogen-bond acceptors (Lipinski definition) is 2. The van der Waals surface area contributed by atoms with Crippen molar-refractivity contribution in [2.75, 3.05) is 0 Å². The third-order valence-electron chi connectivity index (χ3n) is 5.05. The Morgan fingerprint density at radius 1 is 0.667 bits per heavy atom. The van der Waals surface area contributed by atoms with E-state index in [0.717, 1.165) is 28.1 Å². The van der Waals surface area contributed by atoms with E-state index in [1.54, 1.807) is 18.2 Å². The summed E-state index contributed by atoms with van der Waals surface area (Å²) < 4.78 is 0. The van der Waals surface area contributed by atoms with Crippen LogP contribution in [0.15, 0.2) is 91.0 Å². The van der Waals surface area contributed by atoms with Gasteiger partial charge in [0, 0.05) is 17.0 Å². The summed E-state index contributed by atoms with van der Waals surface area (Å²) >= 11 is 0. The maximum absolute atomic E-state index is 10.8. The lowest BCUT2D eigenvalue weighted by molar-refractivity contribution is 0.459. The van der Waals surface area contributed by atoms with Crippen molar-refractivity contribution in [3.05, 3.63) is 119 Å². The fourth-order valence-electron chi connectivity index (χ4n) is 3.85. The number of phenolic OH excluding ortho intramolecular Hbond substituents is 2. The van der Waals surface area contributed by atoms with Crippen molar-refractivity contribution in [3.8, 4) is 11.5 Å². The van der Waals surface area contributed by atoms with E-state index in [-0.39, 0.29) is 11.5 Å². The lowest BCUT2D eigenvalue weighted by atomic mass is 9.67. The number of rotatable bonds is 4. The first kappa shape index (κ1) is 17.0. The molecule has 0 aliphatic rings. The van der Waals surface area contributed by atoms with Crippen LogP contribution in [-0.2, 0) is 5.41 Å². The normalized spacial score (nSPS) is 13.2. The smallest absolute Gasteiger partial charge is 0.120 e. The Bertz CT molecular complexity index is 1050. The predicted molar refractivity (Wildman–Crippen MR) is 107 cm³/mol. The van der Waals surface area contributed by atoms with Gasteiger partial charge in [-0.2, -0.15) is 0 Å². The van der Waals surface area contributed by atoms with E-state index in [1.165, 1.54) is 0 Å². The van der Waals surface area contributed by atoms with Gasteiger partial charge in [-0.25, -0.2) is 0 Å². The molecule has 1 aromatic heterocycles. The molecule has 3 N–H and O–H groups in total. The second kappa shape index (κ2) is 6.69. The van der Waals surface area contributed by atoms with Crippen molar-refractivity contribution in [2.45, 2.75) is 12.3 Å². The molecule has 0 saturated heterocycles. The summed E-state index contributed by atoms with van der Waals surface area (Å²) in [6, 6.07) is 28.8. The molecule has 4 aromatic rings. The molecule has 1 heterocycles. The molecule has 27 heavy (non-hydrogen) atoms. The summed E-state index contributed by atoms with van der Waals surface area (Å²) in [5.74, 6) is 0.433. The number of benzene rings is 3. The number of aryl methyl sites for hydroxylation is 1. The highest BCUT2D eigenvalue weighted by Crippen LogP contribution is 2.47. The topological polar surface area (TPSA) is 56.2 Å². The maximum Gasteiger partial charge on any atom is 0.120 e. The first-order valence-corrected chi connectivity index (χ1v) is 8.92. The molecule has 0 aliphatic carbocycles. The van der Waals surface area contributed by atoms with Crippen LogP contribution < -0.4 is 0 Å². The Morgan fingerprint density at radius 3 is 1.93 bits per heavy atom. The largest absolute Gasteiger partial charge is 0.508 e. The zero-order valence-corrected chi connectivity index (χ0v) is 15.1. The second-order valence-corrected chi connectivity index (χ2v) is 6.74. The zero-order valence-electron chi connectivity index (χ0n) is 15.1. The summed E-state index contributed by atoms with van der Waals surface area (Å²) in [5.41, 5.74) is 4.02. The highest BCUT2D eigenvalue weighted by Gasteiger charge is 2.41. The molecule has 0 radical (unpaired) electrons. The Morgan fingerprint density at radius 2 is 1.30 bits per heavy atom. The average Bonchev–Trinajstić information content (AvgIpc) is 3.12. The van der Waals surface area contributed by atoms with Gasteiger partial charge < -0.3 is 15.2 Å². The van der Waals surface area contributed by atoms with E-state index in [1.807, 2.05) is 61.5 Å². The Labute approximate surface area is 158 Å². The summed E-state index contributed by atoms with van der Waals surface area (Å²) in [5, 5.41) is 20.7. The molecule has 3 nitrogen and oxygen atoms in total. The Hall–Kier alpha value is -3.46. The molecule has 3 heteroatoms. The van der Waals surface area contributed by atoms with Gasteiger partial charge in [-0.05, 0) is 48.4 Å². The van der Waals surface area contributed by atoms with Crippen molar-refractivity contribution in [1.82, 2.24) is 4.98 Å². The van der Waals surface area contributed by atoms with E-state index in [2.05, 4.69) is 23.2 Å². The fourth-order valence-corrected chi connectivity index (χ4v) is 3.85. The van der Waals surface area contributed by atoms with Crippen LogP contribution in [0.4, 0.5) is 0 Å². The van der Waals surface area contributed by atoms with E-state index in [0.29, 0.717) is 0 Å². The van der Waals surface area contributed by atoms with Crippen molar-refractivity contribution in [2.24, 2.45) is 0 Å². The Kier molecular flexibility index (Phi) is 4.21. The molecular weight excluding hydrogens is 334 g/mol. The molecular formula is C24H21NO2. The van der Waals surface area contributed by atoms with Crippen LogP contribution >= 0.6 is 0 Å². The number of aromatic amines is 1. The minimum absolute atomic E-state index is 0.209. The van der Waals surface area contributed by atoms with Crippen LogP contribution in [0.1, 0.15) is 28.1 Å². The third kappa shape index (κ3) is 2.77. The molecule has 0 spiro atoms. The van der Waals surface area contributed by atoms with Gasteiger partial charge in [-0.15, -0.1) is 0 Å². The standard InChI is InChI=1S/C24H21NO2/c1-17-11-16-23(25-17)24(18-7-3-2-4-8-18,19-12-14-20(26)15-13-19)21-9-5-6-10-22(21)27/h2-16,25-27H,1H3/t24-/m1/s1. The number of aromatic nitrogens is 1. The lowest BCUT2D eigenvalue weighted by Gasteiger charge is -2.36.